The molecule has 2 bridgehead atoms. The Morgan fingerprint density at radius 2 is 1.39 bits per heavy atom. The SMILES string of the molecule is Cl.c1ccc2c(c1)-c1ccccc1C2N1CCC2CCC(C1)N2. The van der Waals surface area contributed by atoms with Crippen molar-refractivity contribution in [1.29, 1.82) is 0 Å². The summed E-state index contributed by atoms with van der Waals surface area (Å²) in [6.07, 6.45) is 4.00. The minimum atomic E-state index is 0. The molecule has 2 unspecified atom stereocenters. The van der Waals surface area contributed by atoms with Gasteiger partial charge in [0.05, 0.1) is 6.04 Å². The zero-order chi connectivity index (χ0) is 14.5. The molecule has 2 aromatic rings. The third-order valence-corrected chi connectivity index (χ3v) is 5.72. The average Bonchev–Trinajstić information content (AvgIpc) is 3.06. The van der Waals surface area contributed by atoms with Gasteiger partial charge in [0, 0.05) is 25.2 Å². The highest BCUT2D eigenvalue weighted by molar-refractivity contribution is 5.85. The van der Waals surface area contributed by atoms with E-state index < -0.39 is 0 Å². The third-order valence-electron chi connectivity index (χ3n) is 5.72. The van der Waals surface area contributed by atoms with Crippen molar-refractivity contribution >= 4 is 12.4 Å². The summed E-state index contributed by atoms with van der Waals surface area (Å²) in [4.78, 5) is 2.72. The van der Waals surface area contributed by atoms with E-state index >= 15 is 0 Å². The van der Waals surface area contributed by atoms with Crippen LogP contribution in [-0.4, -0.2) is 30.1 Å². The van der Waals surface area contributed by atoms with Crippen molar-refractivity contribution in [3.63, 3.8) is 0 Å². The molecule has 1 N–H and O–H groups in total. The summed E-state index contributed by atoms with van der Waals surface area (Å²) in [6.45, 7) is 2.39. The molecule has 2 aliphatic heterocycles. The smallest absolute Gasteiger partial charge is 0.0614 e. The van der Waals surface area contributed by atoms with Gasteiger partial charge in [-0.05, 0) is 41.5 Å². The maximum Gasteiger partial charge on any atom is 0.0614 e. The van der Waals surface area contributed by atoms with E-state index in [2.05, 4.69) is 58.7 Å². The van der Waals surface area contributed by atoms with E-state index in [0.717, 1.165) is 6.04 Å². The third kappa shape index (κ3) is 2.40. The summed E-state index contributed by atoms with van der Waals surface area (Å²) in [5, 5.41) is 3.81. The number of halogens is 1. The molecule has 0 amide bonds. The highest BCUT2D eigenvalue weighted by Gasteiger charge is 2.37. The molecule has 2 heterocycles. The van der Waals surface area contributed by atoms with Crippen molar-refractivity contribution in [3.8, 4) is 11.1 Å². The highest BCUT2D eigenvalue weighted by atomic mass is 35.5. The van der Waals surface area contributed by atoms with Crippen LogP contribution in [0, 0.1) is 0 Å². The molecular weight excluding hydrogens is 304 g/mol. The fourth-order valence-corrected chi connectivity index (χ4v) is 4.73. The molecule has 23 heavy (non-hydrogen) atoms. The topological polar surface area (TPSA) is 15.3 Å². The second-order valence-corrected chi connectivity index (χ2v) is 7.00. The van der Waals surface area contributed by atoms with E-state index in [1.54, 1.807) is 0 Å². The van der Waals surface area contributed by atoms with Gasteiger partial charge in [0.15, 0.2) is 0 Å². The molecular formula is C20H23ClN2. The minimum absolute atomic E-state index is 0. The van der Waals surface area contributed by atoms with Crippen molar-refractivity contribution in [2.24, 2.45) is 0 Å². The van der Waals surface area contributed by atoms with Crippen LogP contribution in [0.5, 0.6) is 0 Å². The number of benzene rings is 2. The van der Waals surface area contributed by atoms with Crippen LogP contribution in [-0.2, 0) is 0 Å². The molecule has 0 saturated carbocycles. The van der Waals surface area contributed by atoms with Crippen LogP contribution in [0.4, 0.5) is 0 Å². The van der Waals surface area contributed by atoms with Crippen molar-refractivity contribution in [1.82, 2.24) is 10.2 Å². The second-order valence-electron chi connectivity index (χ2n) is 7.00. The first kappa shape index (κ1) is 15.2. The van der Waals surface area contributed by atoms with Crippen molar-refractivity contribution in [3.05, 3.63) is 59.7 Å². The zero-order valence-electron chi connectivity index (χ0n) is 13.2. The van der Waals surface area contributed by atoms with Crippen molar-refractivity contribution in [2.75, 3.05) is 13.1 Å². The molecule has 3 heteroatoms. The van der Waals surface area contributed by atoms with Gasteiger partial charge in [-0.15, -0.1) is 12.4 Å². The van der Waals surface area contributed by atoms with Gasteiger partial charge in [-0.1, -0.05) is 48.5 Å². The Labute approximate surface area is 144 Å². The number of nitrogens with one attached hydrogen (secondary N) is 1. The van der Waals surface area contributed by atoms with E-state index in [0.29, 0.717) is 12.1 Å². The molecule has 2 atom stereocenters. The summed E-state index contributed by atoms with van der Waals surface area (Å²) in [6, 6.07) is 19.9. The molecule has 0 spiro atoms. The summed E-state index contributed by atoms with van der Waals surface area (Å²) < 4.78 is 0. The number of nitrogens with zero attached hydrogens (tertiary/aromatic N) is 1. The maximum atomic E-state index is 3.81. The number of likely N-dealkylation sites (tertiary alicyclic amines) is 1. The summed E-state index contributed by atoms with van der Waals surface area (Å²) in [5.41, 5.74) is 5.87. The van der Waals surface area contributed by atoms with Crippen LogP contribution in [0.25, 0.3) is 11.1 Å². The van der Waals surface area contributed by atoms with Gasteiger partial charge in [-0.3, -0.25) is 4.90 Å². The van der Waals surface area contributed by atoms with E-state index in [1.165, 1.54) is 54.6 Å². The lowest BCUT2D eigenvalue weighted by molar-refractivity contribution is 0.216. The Balaban J connectivity index is 0.00000135. The number of rotatable bonds is 1. The van der Waals surface area contributed by atoms with Crippen LogP contribution in [0.2, 0.25) is 0 Å². The van der Waals surface area contributed by atoms with Crippen molar-refractivity contribution in [2.45, 2.75) is 37.4 Å². The van der Waals surface area contributed by atoms with Crippen LogP contribution in [0.3, 0.4) is 0 Å². The van der Waals surface area contributed by atoms with Gasteiger partial charge in [0.25, 0.3) is 0 Å². The Hall–Kier alpha value is -1.35. The van der Waals surface area contributed by atoms with E-state index in [1.807, 2.05) is 0 Å². The monoisotopic (exact) mass is 326 g/mol. The first-order valence-corrected chi connectivity index (χ1v) is 8.58. The Bertz CT molecular complexity index is 669. The molecule has 2 nitrogen and oxygen atoms in total. The van der Waals surface area contributed by atoms with Gasteiger partial charge in [0.1, 0.15) is 0 Å². The summed E-state index contributed by atoms with van der Waals surface area (Å²) in [5.74, 6) is 0. The maximum absolute atomic E-state index is 3.81. The lowest BCUT2D eigenvalue weighted by Crippen LogP contribution is -2.37. The second kappa shape index (κ2) is 5.94. The number of hydrogen-bond donors (Lipinski definition) is 1. The largest absolute Gasteiger partial charge is 0.310 e. The Morgan fingerprint density at radius 3 is 2.09 bits per heavy atom. The Kier molecular flexibility index (Phi) is 3.92. The number of fused-ring (bicyclic) bond motifs is 5. The van der Waals surface area contributed by atoms with Gasteiger partial charge in [-0.25, -0.2) is 0 Å². The molecule has 1 aliphatic carbocycles. The van der Waals surface area contributed by atoms with Gasteiger partial charge in [0.2, 0.25) is 0 Å². The molecule has 0 radical (unpaired) electrons. The fourth-order valence-electron chi connectivity index (χ4n) is 4.73. The molecule has 5 rings (SSSR count). The number of hydrogen-bond acceptors (Lipinski definition) is 2. The van der Waals surface area contributed by atoms with Crippen molar-refractivity contribution < 1.29 is 0 Å². The van der Waals surface area contributed by atoms with Crippen LogP contribution >= 0.6 is 12.4 Å². The molecule has 3 aliphatic rings. The first-order chi connectivity index (χ1) is 10.9. The van der Waals surface area contributed by atoms with Gasteiger partial charge in [-0.2, -0.15) is 0 Å². The first-order valence-electron chi connectivity index (χ1n) is 8.58. The fraction of sp³-hybridized carbons (Fsp3) is 0.400. The lowest BCUT2D eigenvalue weighted by Gasteiger charge is -2.31. The molecule has 2 saturated heterocycles. The van der Waals surface area contributed by atoms with E-state index in [9.17, 15) is 0 Å². The molecule has 2 aromatic carbocycles. The molecule has 2 fully saturated rings. The van der Waals surface area contributed by atoms with Crippen LogP contribution < -0.4 is 5.32 Å². The normalized spacial score (nSPS) is 26.3. The van der Waals surface area contributed by atoms with Crippen LogP contribution in [0.1, 0.15) is 36.4 Å². The average molecular weight is 327 g/mol. The van der Waals surface area contributed by atoms with E-state index in [4.69, 9.17) is 0 Å². The highest BCUT2D eigenvalue weighted by Crippen LogP contribution is 2.46. The van der Waals surface area contributed by atoms with E-state index in [-0.39, 0.29) is 12.4 Å². The minimum Gasteiger partial charge on any atom is -0.310 e. The predicted molar refractivity (Wildman–Crippen MR) is 97.1 cm³/mol. The Morgan fingerprint density at radius 1 is 0.783 bits per heavy atom. The molecule has 0 aromatic heterocycles. The molecule has 120 valence electrons. The van der Waals surface area contributed by atoms with Gasteiger partial charge >= 0.3 is 0 Å². The quantitative estimate of drug-likeness (QED) is 0.852. The lowest BCUT2D eigenvalue weighted by atomic mass is 10.0. The summed E-state index contributed by atoms with van der Waals surface area (Å²) in [7, 11) is 0. The standard InChI is InChI=1S/C20H22N2.ClH/c1-3-7-18-16(5-1)17-6-2-4-8-19(17)20(18)22-12-11-14-9-10-15(13-22)21-14;/h1-8,14-15,20-21H,9-13H2;1H. The zero-order valence-corrected chi connectivity index (χ0v) is 14.1. The van der Waals surface area contributed by atoms with Crippen LogP contribution in [0.15, 0.2) is 48.5 Å². The summed E-state index contributed by atoms with van der Waals surface area (Å²) >= 11 is 0. The van der Waals surface area contributed by atoms with Gasteiger partial charge < -0.3 is 5.32 Å². The predicted octanol–water partition coefficient (Wildman–Crippen LogP) is 4.00.